The molecule has 3 N–H and O–H groups in total. The highest BCUT2D eigenvalue weighted by atomic mass is 35.5. The van der Waals surface area contributed by atoms with E-state index in [9.17, 15) is 8.42 Å². The Morgan fingerprint density at radius 1 is 1.10 bits per heavy atom. The minimum absolute atomic E-state index is 0. The van der Waals surface area contributed by atoms with Crippen LogP contribution >= 0.6 is 12.4 Å². The van der Waals surface area contributed by atoms with Gasteiger partial charge in [0.1, 0.15) is 0 Å². The van der Waals surface area contributed by atoms with Crippen molar-refractivity contribution >= 4 is 22.6 Å². The van der Waals surface area contributed by atoms with Crippen LogP contribution in [0.3, 0.4) is 0 Å². The van der Waals surface area contributed by atoms with E-state index < -0.39 is 10.2 Å². The summed E-state index contributed by atoms with van der Waals surface area (Å²) in [5.41, 5.74) is 5.83. The molecule has 0 saturated heterocycles. The van der Waals surface area contributed by atoms with Crippen LogP contribution < -0.4 is 10.5 Å². The molecule has 128 valence electrons. The maximum absolute atomic E-state index is 12.4. The molecule has 0 radical (unpaired) electrons. The average molecular weight is 346 g/mol. The van der Waals surface area contributed by atoms with E-state index in [0.29, 0.717) is 26.3 Å². The number of methoxy groups -OCH3 is 2. The quantitative estimate of drug-likeness (QED) is 0.618. The standard InChI is InChI=1S/C12H27N3O4S.ClH/c1-18-9-7-15(8-10-19-2)20(16,17)14-12-5-3-11(13)4-6-12;/h11-12,14H,3-10,13H2,1-2H3;1H. The van der Waals surface area contributed by atoms with Crippen molar-refractivity contribution in [3.8, 4) is 0 Å². The Labute approximate surface area is 134 Å². The first-order chi connectivity index (χ1) is 9.49. The molecular formula is C12H28ClN3O4S. The first-order valence-corrected chi connectivity index (χ1v) is 8.44. The SMILES string of the molecule is COCCN(CCOC)S(=O)(=O)NC1CCC(N)CC1.Cl. The fourth-order valence-electron chi connectivity index (χ4n) is 2.26. The van der Waals surface area contributed by atoms with Crippen LogP contribution in [0.15, 0.2) is 0 Å². The van der Waals surface area contributed by atoms with Crippen molar-refractivity contribution in [2.24, 2.45) is 5.73 Å². The molecule has 1 saturated carbocycles. The van der Waals surface area contributed by atoms with Crippen molar-refractivity contribution in [3.05, 3.63) is 0 Å². The van der Waals surface area contributed by atoms with E-state index in [1.165, 1.54) is 4.31 Å². The van der Waals surface area contributed by atoms with E-state index in [2.05, 4.69) is 4.72 Å². The molecule has 0 spiro atoms. The number of nitrogens with zero attached hydrogens (tertiary/aromatic N) is 1. The Morgan fingerprint density at radius 3 is 2.00 bits per heavy atom. The molecule has 21 heavy (non-hydrogen) atoms. The highest BCUT2D eigenvalue weighted by Crippen LogP contribution is 2.18. The minimum atomic E-state index is -3.50. The van der Waals surface area contributed by atoms with Crippen LogP contribution in [0.2, 0.25) is 0 Å². The monoisotopic (exact) mass is 345 g/mol. The third kappa shape index (κ3) is 7.73. The predicted octanol–water partition coefficient (Wildman–Crippen LogP) is 0.107. The summed E-state index contributed by atoms with van der Waals surface area (Å²) in [6, 6.07) is 0.182. The van der Waals surface area contributed by atoms with Crippen LogP contribution in [0.25, 0.3) is 0 Å². The Hall–Kier alpha value is 0.0400. The summed E-state index contributed by atoms with van der Waals surface area (Å²) >= 11 is 0. The lowest BCUT2D eigenvalue weighted by molar-refractivity contribution is 0.149. The zero-order chi connectivity index (χ0) is 15.0. The summed E-state index contributed by atoms with van der Waals surface area (Å²) in [7, 11) is -0.396. The van der Waals surface area contributed by atoms with Crippen molar-refractivity contribution in [1.29, 1.82) is 0 Å². The van der Waals surface area contributed by atoms with Gasteiger partial charge in [-0.05, 0) is 25.7 Å². The van der Waals surface area contributed by atoms with Gasteiger partial charge in [0.2, 0.25) is 0 Å². The number of ether oxygens (including phenoxy) is 2. The second-order valence-corrected chi connectivity index (χ2v) is 6.82. The zero-order valence-electron chi connectivity index (χ0n) is 12.8. The normalized spacial score (nSPS) is 23.0. The van der Waals surface area contributed by atoms with Crippen molar-refractivity contribution in [2.45, 2.75) is 37.8 Å². The van der Waals surface area contributed by atoms with Gasteiger partial charge in [-0.3, -0.25) is 0 Å². The lowest BCUT2D eigenvalue weighted by Gasteiger charge is -2.29. The number of hydrogen-bond acceptors (Lipinski definition) is 5. The van der Waals surface area contributed by atoms with E-state index in [1.54, 1.807) is 14.2 Å². The van der Waals surface area contributed by atoms with Crippen LogP contribution in [0, 0.1) is 0 Å². The smallest absolute Gasteiger partial charge is 0.279 e. The van der Waals surface area contributed by atoms with Gasteiger partial charge < -0.3 is 15.2 Å². The molecule has 0 aromatic carbocycles. The summed E-state index contributed by atoms with van der Waals surface area (Å²) in [4.78, 5) is 0. The summed E-state index contributed by atoms with van der Waals surface area (Å²) in [6.45, 7) is 1.36. The minimum Gasteiger partial charge on any atom is -0.383 e. The van der Waals surface area contributed by atoms with Gasteiger partial charge in [0.05, 0.1) is 13.2 Å². The third-order valence-corrected chi connectivity index (χ3v) is 5.19. The van der Waals surface area contributed by atoms with Crippen molar-refractivity contribution < 1.29 is 17.9 Å². The van der Waals surface area contributed by atoms with Crippen LogP contribution in [-0.4, -0.2) is 65.3 Å². The fourth-order valence-corrected chi connectivity index (χ4v) is 3.70. The van der Waals surface area contributed by atoms with Crippen LogP contribution in [0.5, 0.6) is 0 Å². The first kappa shape index (κ1) is 21.0. The van der Waals surface area contributed by atoms with Gasteiger partial charge in [-0.2, -0.15) is 17.4 Å². The summed E-state index contributed by atoms with van der Waals surface area (Å²) in [6.07, 6.45) is 3.32. The topological polar surface area (TPSA) is 93.9 Å². The molecule has 0 heterocycles. The molecule has 0 aromatic rings. The van der Waals surface area contributed by atoms with Crippen LogP contribution in [-0.2, 0) is 19.7 Å². The molecule has 1 rings (SSSR count). The molecule has 0 atom stereocenters. The maximum Gasteiger partial charge on any atom is 0.279 e. The molecule has 0 aromatic heterocycles. The molecule has 1 aliphatic carbocycles. The number of nitrogens with one attached hydrogen (secondary N) is 1. The van der Waals surface area contributed by atoms with Crippen LogP contribution in [0.1, 0.15) is 25.7 Å². The molecule has 0 bridgehead atoms. The highest BCUT2D eigenvalue weighted by Gasteiger charge is 2.27. The van der Waals surface area contributed by atoms with Gasteiger partial charge in [-0.15, -0.1) is 12.4 Å². The molecule has 9 heteroatoms. The fraction of sp³-hybridized carbons (Fsp3) is 1.00. The zero-order valence-corrected chi connectivity index (χ0v) is 14.4. The van der Waals surface area contributed by atoms with E-state index >= 15 is 0 Å². The summed E-state index contributed by atoms with van der Waals surface area (Å²) in [5, 5.41) is 0. The first-order valence-electron chi connectivity index (χ1n) is 7.00. The second kappa shape index (κ2) is 10.7. The maximum atomic E-state index is 12.4. The Balaban J connectivity index is 0.00000400. The third-order valence-electron chi connectivity index (χ3n) is 3.52. The number of hydrogen-bond donors (Lipinski definition) is 2. The van der Waals surface area contributed by atoms with Gasteiger partial charge >= 0.3 is 0 Å². The second-order valence-electron chi connectivity index (χ2n) is 5.12. The van der Waals surface area contributed by atoms with Gasteiger partial charge in [0.15, 0.2) is 0 Å². The summed E-state index contributed by atoms with van der Waals surface area (Å²) < 4.78 is 38.8. The number of halogens is 1. The number of nitrogens with two attached hydrogens (primary N) is 1. The van der Waals surface area contributed by atoms with E-state index in [0.717, 1.165) is 25.7 Å². The molecule has 0 aliphatic heterocycles. The Kier molecular flexibility index (Phi) is 10.7. The highest BCUT2D eigenvalue weighted by molar-refractivity contribution is 7.87. The van der Waals surface area contributed by atoms with E-state index in [4.69, 9.17) is 15.2 Å². The van der Waals surface area contributed by atoms with Crippen molar-refractivity contribution in [1.82, 2.24) is 9.03 Å². The van der Waals surface area contributed by atoms with E-state index in [-0.39, 0.29) is 24.5 Å². The average Bonchev–Trinajstić information content (AvgIpc) is 2.41. The number of rotatable bonds is 9. The molecule has 7 nitrogen and oxygen atoms in total. The molecule has 0 unspecified atom stereocenters. The van der Waals surface area contributed by atoms with Gasteiger partial charge in [-0.25, -0.2) is 0 Å². The molecule has 0 amide bonds. The largest absolute Gasteiger partial charge is 0.383 e. The van der Waals surface area contributed by atoms with Gasteiger partial charge in [-0.1, -0.05) is 0 Å². The van der Waals surface area contributed by atoms with Crippen LogP contribution in [0.4, 0.5) is 0 Å². The van der Waals surface area contributed by atoms with E-state index in [1.807, 2.05) is 0 Å². The lowest BCUT2D eigenvalue weighted by atomic mass is 9.93. The predicted molar refractivity (Wildman–Crippen MR) is 84.9 cm³/mol. The molecule has 1 aliphatic rings. The Bertz CT molecular complexity index is 354. The lowest BCUT2D eigenvalue weighted by Crippen LogP contribution is -2.49. The summed E-state index contributed by atoms with van der Waals surface area (Å²) in [5.74, 6) is 0. The van der Waals surface area contributed by atoms with Gasteiger partial charge in [0.25, 0.3) is 10.2 Å². The van der Waals surface area contributed by atoms with Crippen molar-refractivity contribution in [2.75, 3.05) is 40.5 Å². The molecule has 1 fully saturated rings. The Morgan fingerprint density at radius 2 is 1.57 bits per heavy atom. The van der Waals surface area contributed by atoms with Gasteiger partial charge in [0, 0.05) is 39.4 Å². The molecular weight excluding hydrogens is 318 g/mol. The van der Waals surface area contributed by atoms with Crippen molar-refractivity contribution in [3.63, 3.8) is 0 Å².